The van der Waals surface area contributed by atoms with Crippen molar-refractivity contribution in [2.75, 3.05) is 0 Å². The highest BCUT2D eigenvalue weighted by molar-refractivity contribution is 5.66. The van der Waals surface area contributed by atoms with E-state index in [-0.39, 0.29) is 0 Å². The van der Waals surface area contributed by atoms with Crippen molar-refractivity contribution in [3.63, 3.8) is 0 Å². The van der Waals surface area contributed by atoms with Gasteiger partial charge in [0.05, 0.1) is 0 Å². The Morgan fingerprint density at radius 1 is 0.818 bits per heavy atom. The Morgan fingerprint density at radius 3 is 1.86 bits per heavy atom. The predicted octanol–water partition coefficient (Wildman–Crippen LogP) is 6.83. The molecule has 2 aromatic carbocycles. The number of hydrogen-bond acceptors (Lipinski definition) is 0. The Labute approximate surface area is 136 Å². The van der Waals surface area contributed by atoms with Crippen LogP contribution in [0.1, 0.15) is 68.2 Å². The van der Waals surface area contributed by atoms with Crippen LogP contribution in [0, 0.1) is 13.8 Å². The molecule has 2 aromatic rings. The minimum absolute atomic E-state index is 0.713. The van der Waals surface area contributed by atoms with Gasteiger partial charge in [-0.05, 0) is 72.4 Å². The van der Waals surface area contributed by atoms with Gasteiger partial charge in [0.25, 0.3) is 0 Å². The van der Waals surface area contributed by atoms with Crippen LogP contribution in [0.4, 0.5) is 0 Å². The molecule has 0 heteroatoms. The lowest BCUT2D eigenvalue weighted by atomic mass is 9.90. The quantitative estimate of drug-likeness (QED) is 0.548. The summed E-state index contributed by atoms with van der Waals surface area (Å²) >= 11 is 0. The molecule has 118 valence electrons. The molecule has 0 aromatic heterocycles. The van der Waals surface area contributed by atoms with Gasteiger partial charge in [0, 0.05) is 0 Å². The number of rotatable bonds is 6. The van der Waals surface area contributed by atoms with Gasteiger partial charge in [-0.15, -0.1) is 0 Å². The highest BCUT2D eigenvalue weighted by Crippen LogP contribution is 2.29. The zero-order chi connectivity index (χ0) is 16.1. The molecule has 22 heavy (non-hydrogen) atoms. The van der Waals surface area contributed by atoms with Crippen LogP contribution in [-0.2, 0) is 6.42 Å². The third-order valence-electron chi connectivity index (χ3n) is 4.89. The topological polar surface area (TPSA) is 0 Å². The van der Waals surface area contributed by atoms with Gasteiger partial charge in [-0.25, -0.2) is 0 Å². The minimum atomic E-state index is 0.713. The van der Waals surface area contributed by atoms with E-state index in [4.69, 9.17) is 0 Å². The first-order chi connectivity index (χ1) is 10.6. The summed E-state index contributed by atoms with van der Waals surface area (Å²) in [5.74, 6) is 0.713. The van der Waals surface area contributed by atoms with E-state index in [0.717, 1.165) is 6.42 Å². The van der Waals surface area contributed by atoms with E-state index < -0.39 is 0 Å². The van der Waals surface area contributed by atoms with Crippen molar-refractivity contribution in [1.29, 1.82) is 0 Å². The van der Waals surface area contributed by atoms with E-state index in [0.29, 0.717) is 5.92 Å². The van der Waals surface area contributed by atoms with Gasteiger partial charge in [0.15, 0.2) is 0 Å². The summed E-state index contributed by atoms with van der Waals surface area (Å²) in [7, 11) is 0. The molecule has 0 spiro atoms. The maximum atomic E-state index is 2.34. The second kappa shape index (κ2) is 7.63. The monoisotopic (exact) mass is 294 g/mol. The van der Waals surface area contributed by atoms with Crippen LogP contribution in [0.5, 0.6) is 0 Å². The minimum Gasteiger partial charge on any atom is -0.0654 e. The second-order valence-corrected chi connectivity index (χ2v) is 6.46. The van der Waals surface area contributed by atoms with Gasteiger partial charge in [-0.3, -0.25) is 0 Å². The fourth-order valence-electron chi connectivity index (χ4n) is 3.62. The van der Waals surface area contributed by atoms with Crippen LogP contribution in [0.2, 0.25) is 0 Å². The summed E-state index contributed by atoms with van der Waals surface area (Å²) in [5, 5.41) is 0. The Kier molecular flexibility index (Phi) is 5.83. The van der Waals surface area contributed by atoms with E-state index in [9.17, 15) is 0 Å². The SMILES string of the molecule is CCC[C@@H](CC)c1ccc(-c2cc(C)c(CC)c(C)c2)cc1. The van der Waals surface area contributed by atoms with Crippen LogP contribution >= 0.6 is 0 Å². The zero-order valence-corrected chi connectivity index (χ0v) is 14.9. The Morgan fingerprint density at radius 2 is 1.41 bits per heavy atom. The normalized spacial score (nSPS) is 12.4. The lowest BCUT2D eigenvalue weighted by Gasteiger charge is -2.15. The summed E-state index contributed by atoms with van der Waals surface area (Å²) in [6.45, 7) is 11.3. The fourth-order valence-corrected chi connectivity index (χ4v) is 3.62. The van der Waals surface area contributed by atoms with Crippen molar-refractivity contribution in [1.82, 2.24) is 0 Å². The number of hydrogen-bond donors (Lipinski definition) is 0. The molecule has 0 fully saturated rings. The van der Waals surface area contributed by atoms with Crippen molar-refractivity contribution in [3.05, 3.63) is 58.7 Å². The van der Waals surface area contributed by atoms with Crippen molar-refractivity contribution in [2.24, 2.45) is 0 Å². The zero-order valence-electron chi connectivity index (χ0n) is 14.9. The van der Waals surface area contributed by atoms with Gasteiger partial charge in [-0.2, -0.15) is 0 Å². The highest BCUT2D eigenvalue weighted by atomic mass is 14.1. The Hall–Kier alpha value is -1.56. The van der Waals surface area contributed by atoms with Crippen LogP contribution in [0.25, 0.3) is 11.1 Å². The van der Waals surface area contributed by atoms with E-state index in [1.807, 2.05) is 0 Å². The van der Waals surface area contributed by atoms with Crippen molar-refractivity contribution >= 4 is 0 Å². The first kappa shape index (κ1) is 16.8. The lowest BCUT2D eigenvalue weighted by molar-refractivity contribution is 0.596. The molecule has 0 saturated carbocycles. The van der Waals surface area contributed by atoms with Crippen LogP contribution < -0.4 is 0 Å². The second-order valence-electron chi connectivity index (χ2n) is 6.46. The van der Waals surface area contributed by atoms with Crippen LogP contribution in [0.15, 0.2) is 36.4 Å². The van der Waals surface area contributed by atoms with E-state index in [1.54, 1.807) is 0 Å². The van der Waals surface area contributed by atoms with Gasteiger partial charge in [0.2, 0.25) is 0 Å². The molecule has 0 aliphatic heterocycles. The molecular weight excluding hydrogens is 264 g/mol. The van der Waals surface area contributed by atoms with Crippen LogP contribution in [0.3, 0.4) is 0 Å². The van der Waals surface area contributed by atoms with Gasteiger partial charge >= 0.3 is 0 Å². The molecule has 0 amide bonds. The van der Waals surface area contributed by atoms with E-state index >= 15 is 0 Å². The summed E-state index contributed by atoms with van der Waals surface area (Å²) in [4.78, 5) is 0. The highest BCUT2D eigenvalue weighted by Gasteiger charge is 2.09. The average Bonchev–Trinajstić information content (AvgIpc) is 2.52. The van der Waals surface area contributed by atoms with Gasteiger partial charge < -0.3 is 0 Å². The molecule has 0 unspecified atom stereocenters. The first-order valence-corrected chi connectivity index (χ1v) is 8.81. The van der Waals surface area contributed by atoms with Gasteiger partial charge in [-0.1, -0.05) is 63.6 Å². The molecule has 0 heterocycles. The van der Waals surface area contributed by atoms with Crippen molar-refractivity contribution < 1.29 is 0 Å². The summed E-state index contributed by atoms with van der Waals surface area (Å²) in [6, 6.07) is 13.9. The smallest absolute Gasteiger partial charge is 0.0165 e. The molecule has 0 bridgehead atoms. The average molecular weight is 294 g/mol. The third-order valence-corrected chi connectivity index (χ3v) is 4.89. The molecule has 0 saturated heterocycles. The maximum Gasteiger partial charge on any atom is -0.0165 e. The van der Waals surface area contributed by atoms with Crippen LogP contribution in [-0.4, -0.2) is 0 Å². The molecule has 0 radical (unpaired) electrons. The summed E-state index contributed by atoms with van der Waals surface area (Å²) in [6.07, 6.45) is 4.90. The van der Waals surface area contributed by atoms with E-state index in [2.05, 4.69) is 71.0 Å². The first-order valence-electron chi connectivity index (χ1n) is 8.81. The molecule has 0 aliphatic carbocycles. The third kappa shape index (κ3) is 3.61. The standard InChI is InChI=1S/C22H30/c1-6-9-18(7-2)19-10-12-20(13-11-19)21-14-16(4)22(8-3)17(5)15-21/h10-15,18H,6-9H2,1-5H3/t18-/m1/s1. The van der Waals surface area contributed by atoms with Crippen molar-refractivity contribution in [3.8, 4) is 11.1 Å². The number of benzene rings is 2. The Bertz CT molecular complexity index is 581. The number of aryl methyl sites for hydroxylation is 2. The maximum absolute atomic E-state index is 2.34. The molecule has 0 N–H and O–H groups in total. The molecule has 0 nitrogen and oxygen atoms in total. The molecular formula is C22H30. The van der Waals surface area contributed by atoms with Crippen molar-refractivity contribution in [2.45, 2.75) is 66.2 Å². The van der Waals surface area contributed by atoms with E-state index in [1.165, 1.54) is 52.6 Å². The van der Waals surface area contributed by atoms with Gasteiger partial charge in [0.1, 0.15) is 0 Å². The molecule has 1 atom stereocenters. The summed E-state index contributed by atoms with van der Waals surface area (Å²) < 4.78 is 0. The summed E-state index contributed by atoms with van der Waals surface area (Å²) in [5.41, 5.74) is 8.50. The molecule has 2 rings (SSSR count). The lowest BCUT2D eigenvalue weighted by Crippen LogP contribution is -1.97. The fraction of sp³-hybridized carbons (Fsp3) is 0.455. The largest absolute Gasteiger partial charge is 0.0654 e. The Balaban J connectivity index is 2.31. The predicted molar refractivity (Wildman–Crippen MR) is 98.7 cm³/mol. The molecule has 0 aliphatic rings.